The number of aromatic amines is 1. The average Bonchev–Trinajstić information content (AvgIpc) is 2.63. The first-order chi connectivity index (χ1) is 6.72. The molecule has 0 saturated heterocycles. The van der Waals surface area contributed by atoms with Crippen LogP contribution in [0.3, 0.4) is 0 Å². The van der Waals surface area contributed by atoms with Gasteiger partial charge in [0.2, 0.25) is 0 Å². The first-order valence-electron chi connectivity index (χ1n) is 4.87. The van der Waals surface area contributed by atoms with Gasteiger partial charge >= 0.3 is 0 Å². The fraction of sp³-hybridized carbons (Fsp3) is 0.333. The molecule has 0 aliphatic rings. The molecule has 0 atom stereocenters. The van der Waals surface area contributed by atoms with Crippen LogP contribution in [0.2, 0.25) is 0 Å². The molecule has 74 valence electrons. The molecule has 0 saturated carbocycles. The summed E-state index contributed by atoms with van der Waals surface area (Å²) in [6.07, 6.45) is 4.14. The highest BCUT2D eigenvalue weighted by molar-refractivity contribution is 7.98. The summed E-state index contributed by atoms with van der Waals surface area (Å²) in [7, 11) is 0. The smallest absolute Gasteiger partial charge is 0.0489 e. The van der Waals surface area contributed by atoms with E-state index in [2.05, 4.69) is 43.3 Å². The first kappa shape index (κ1) is 9.66. The molecular weight excluding hydrogens is 190 g/mol. The van der Waals surface area contributed by atoms with Gasteiger partial charge in [0, 0.05) is 22.0 Å². The Bertz CT molecular complexity index is 443. The third-order valence-corrected chi connectivity index (χ3v) is 3.23. The summed E-state index contributed by atoms with van der Waals surface area (Å²) >= 11 is 1.80. The highest BCUT2D eigenvalue weighted by atomic mass is 32.2. The van der Waals surface area contributed by atoms with Crippen LogP contribution in [0.4, 0.5) is 0 Å². The van der Waals surface area contributed by atoms with E-state index in [0.717, 1.165) is 0 Å². The van der Waals surface area contributed by atoms with E-state index in [1.807, 2.05) is 6.20 Å². The van der Waals surface area contributed by atoms with Crippen molar-refractivity contribution in [3.8, 4) is 0 Å². The molecule has 1 heterocycles. The summed E-state index contributed by atoms with van der Waals surface area (Å²) < 4.78 is 0. The van der Waals surface area contributed by atoms with Gasteiger partial charge in [0.15, 0.2) is 0 Å². The van der Waals surface area contributed by atoms with E-state index in [1.54, 1.807) is 11.8 Å². The van der Waals surface area contributed by atoms with E-state index < -0.39 is 0 Å². The molecule has 0 aliphatic carbocycles. The van der Waals surface area contributed by atoms with Gasteiger partial charge in [-0.05, 0) is 35.9 Å². The second-order valence-corrected chi connectivity index (χ2v) is 4.69. The molecule has 0 spiro atoms. The minimum Gasteiger partial charge on any atom is -0.361 e. The zero-order valence-corrected chi connectivity index (χ0v) is 9.61. The van der Waals surface area contributed by atoms with Crippen LogP contribution in [-0.2, 0) is 0 Å². The van der Waals surface area contributed by atoms with Gasteiger partial charge in [-0.3, -0.25) is 0 Å². The van der Waals surface area contributed by atoms with Crippen LogP contribution in [0, 0.1) is 0 Å². The van der Waals surface area contributed by atoms with Crippen LogP contribution in [0.1, 0.15) is 25.3 Å². The van der Waals surface area contributed by atoms with Crippen molar-refractivity contribution < 1.29 is 0 Å². The molecule has 0 unspecified atom stereocenters. The third kappa shape index (κ3) is 1.55. The Hall–Kier alpha value is -0.890. The van der Waals surface area contributed by atoms with E-state index in [1.165, 1.54) is 21.4 Å². The number of rotatable bonds is 2. The number of hydrogen-bond acceptors (Lipinski definition) is 1. The summed E-state index contributed by atoms with van der Waals surface area (Å²) in [5.41, 5.74) is 2.70. The van der Waals surface area contributed by atoms with Gasteiger partial charge in [-0.1, -0.05) is 13.8 Å². The lowest BCUT2D eigenvalue weighted by Gasteiger charge is -2.09. The third-order valence-electron chi connectivity index (χ3n) is 2.52. The monoisotopic (exact) mass is 205 g/mol. The number of fused-ring (bicyclic) bond motifs is 1. The summed E-state index contributed by atoms with van der Waals surface area (Å²) in [5, 5.41) is 1.32. The number of aromatic nitrogens is 1. The summed E-state index contributed by atoms with van der Waals surface area (Å²) in [6, 6.07) is 6.66. The molecule has 0 amide bonds. The second-order valence-electron chi connectivity index (χ2n) is 3.81. The van der Waals surface area contributed by atoms with Gasteiger partial charge in [-0.25, -0.2) is 0 Å². The van der Waals surface area contributed by atoms with Crippen LogP contribution < -0.4 is 0 Å². The molecule has 0 aliphatic heterocycles. The van der Waals surface area contributed by atoms with Gasteiger partial charge in [0.25, 0.3) is 0 Å². The van der Waals surface area contributed by atoms with Crippen molar-refractivity contribution >= 4 is 22.7 Å². The SMILES string of the molecule is CSc1cc(C(C)C)c2[nH]ccc2c1. The maximum atomic E-state index is 3.31. The largest absolute Gasteiger partial charge is 0.361 e. The highest BCUT2D eigenvalue weighted by Crippen LogP contribution is 2.29. The fourth-order valence-corrected chi connectivity index (χ4v) is 2.23. The lowest BCUT2D eigenvalue weighted by atomic mass is 10.0. The van der Waals surface area contributed by atoms with E-state index in [-0.39, 0.29) is 0 Å². The van der Waals surface area contributed by atoms with Crippen LogP contribution >= 0.6 is 11.8 Å². The number of nitrogens with one attached hydrogen (secondary N) is 1. The van der Waals surface area contributed by atoms with Crippen molar-refractivity contribution in [1.82, 2.24) is 4.98 Å². The molecule has 0 bridgehead atoms. The Labute approximate surface area is 88.9 Å². The van der Waals surface area contributed by atoms with Gasteiger partial charge in [0.05, 0.1) is 0 Å². The fourth-order valence-electron chi connectivity index (χ4n) is 1.75. The maximum Gasteiger partial charge on any atom is 0.0489 e. The molecular formula is C12H15NS. The van der Waals surface area contributed by atoms with E-state index in [0.29, 0.717) is 5.92 Å². The van der Waals surface area contributed by atoms with E-state index in [9.17, 15) is 0 Å². The lowest BCUT2D eigenvalue weighted by Crippen LogP contribution is -1.89. The number of hydrogen-bond donors (Lipinski definition) is 1. The summed E-state index contributed by atoms with van der Waals surface area (Å²) in [4.78, 5) is 4.66. The number of benzene rings is 1. The van der Waals surface area contributed by atoms with Crippen LogP contribution in [0.25, 0.3) is 10.9 Å². The Kier molecular flexibility index (Phi) is 2.55. The maximum absolute atomic E-state index is 3.31. The first-order valence-corrected chi connectivity index (χ1v) is 6.10. The van der Waals surface area contributed by atoms with Crippen LogP contribution in [-0.4, -0.2) is 11.2 Å². The second kappa shape index (κ2) is 3.70. The molecule has 0 radical (unpaired) electrons. The molecule has 2 rings (SSSR count). The highest BCUT2D eigenvalue weighted by Gasteiger charge is 2.07. The normalized spacial score (nSPS) is 11.4. The van der Waals surface area contributed by atoms with Crippen molar-refractivity contribution in [1.29, 1.82) is 0 Å². The average molecular weight is 205 g/mol. The number of H-pyrrole nitrogens is 1. The molecule has 1 N–H and O–H groups in total. The molecule has 0 fully saturated rings. The Balaban J connectivity index is 2.70. The molecule has 1 aromatic heterocycles. The Morgan fingerprint density at radius 3 is 2.71 bits per heavy atom. The molecule has 2 heteroatoms. The zero-order chi connectivity index (χ0) is 10.1. The summed E-state index contributed by atoms with van der Waals surface area (Å²) in [5.74, 6) is 0.572. The van der Waals surface area contributed by atoms with Crippen LogP contribution in [0.15, 0.2) is 29.3 Å². The molecule has 1 aromatic carbocycles. The van der Waals surface area contributed by atoms with Crippen molar-refractivity contribution in [2.24, 2.45) is 0 Å². The van der Waals surface area contributed by atoms with Crippen molar-refractivity contribution in [3.05, 3.63) is 30.0 Å². The van der Waals surface area contributed by atoms with E-state index >= 15 is 0 Å². The quantitative estimate of drug-likeness (QED) is 0.732. The summed E-state index contributed by atoms with van der Waals surface area (Å²) in [6.45, 7) is 4.47. The Morgan fingerprint density at radius 2 is 2.07 bits per heavy atom. The van der Waals surface area contributed by atoms with Crippen molar-refractivity contribution in [3.63, 3.8) is 0 Å². The van der Waals surface area contributed by atoms with Gasteiger partial charge in [0.1, 0.15) is 0 Å². The topological polar surface area (TPSA) is 15.8 Å². The standard InChI is InChI=1S/C12H15NS/c1-8(2)11-7-10(14-3)6-9-4-5-13-12(9)11/h4-8,13H,1-3H3. The number of thioether (sulfide) groups is 1. The molecule has 1 nitrogen and oxygen atoms in total. The zero-order valence-electron chi connectivity index (χ0n) is 8.79. The minimum absolute atomic E-state index is 0.572. The van der Waals surface area contributed by atoms with Gasteiger partial charge < -0.3 is 4.98 Å². The lowest BCUT2D eigenvalue weighted by molar-refractivity contribution is 0.870. The van der Waals surface area contributed by atoms with Gasteiger partial charge in [-0.15, -0.1) is 11.8 Å². The van der Waals surface area contributed by atoms with Gasteiger partial charge in [-0.2, -0.15) is 0 Å². The van der Waals surface area contributed by atoms with Crippen LogP contribution in [0.5, 0.6) is 0 Å². The minimum atomic E-state index is 0.572. The molecule has 14 heavy (non-hydrogen) atoms. The Morgan fingerprint density at radius 1 is 1.29 bits per heavy atom. The predicted octanol–water partition coefficient (Wildman–Crippen LogP) is 4.01. The predicted molar refractivity (Wildman–Crippen MR) is 64.2 cm³/mol. The van der Waals surface area contributed by atoms with Crippen molar-refractivity contribution in [2.75, 3.05) is 6.26 Å². The van der Waals surface area contributed by atoms with E-state index in [4.69, 9.17) is 0 Å². The molecule has 2 aromatic rings. The van der Waals surface area contributed by atoms with Crippen molar-refractivity contribution in [2.45, 2.75) is 24.7 Å².